The van der Waals surface area contributed by atoms with E-state index in [-0.39, 0.29) is 6.04 Å². The summed E-state index contributed by atoms with van der Waals surface area (Å²) in [6, 6.07) is 0.246. The molecule has 1 unspecified atom stereocenters. The Balaban J connectivity index is 2.13. The second-order valence-electron chi connectivity index (χ2n) is 2.58. The molecular weight excluding hydrogens is 98.1 g/mol. The van der Waals surface area contributed by atoms with Gasteiger partial charge in [0.1, 0.15) is 0 Å². The topological polar surface area (TPSA) is 26.0 Å². The third-order valence-electron chi connectivity index (χ3n) is 1.31. The van der Waals surface area contributed by atoms with E-state index in [1.807, 2.05) is 6.92 Å². The summed E-state index contributed by atoms with van der Waals surface area (Å²) in [5, 5.41) is 0. The van der Waals surface area contributed by atoms with E-state index < -0.39 is 0 Å². The van der Waals surface area contributed by atoms with E-state index in [2.05, 4.69) is 12.2 Å². The van der Waals surface area contributed by atoms with Gasteiger partial charge in [0.15, 0.2) is 0 Å². The van der Waals surface area contributed by atoms with E-state index in [4.69, 9.17) is 5.73 Å². The highest BCUT2D eigenvalue weighted by Crippen LogP contribution is 2.29. The van der Waals surface area contributed by atoms with E-state index in [0.717, 1.165) is 5.92 Å². The van der Waals surface area contributed by atoms with E-state index in [1.165, 1.54) is 12.8 Å². The number of hydrogen-bond donors (Lipinski definition) is 1. The van der Waals surface area contributed by atoms with Gasteiger partial charge in [-0.2, -0.15) is 0 Å². The fraction of sp³-hybridized carbons (Fsp3) is 0.714. The van der Waals surface area contributed by atoms with Gasteiger partial charge in [-0.05, 0) is 25.7 Å². The maximum atomic E-state index is 5.48. The predicted molar refractivity (Wildman–Crippen MR) is 35.5 cm³/mol. The molecule has 0 spiro atoms. The average molecular weight is 111 g/mol. The van der Waals surface area contributed by atoms with Crippen molar-refractivity contribution >= 4 is 0 Å². The summed E-state index contributed by atoms with van der Waals surface area (Å²) >= 11 is 0. The summed E-state index contributed by atoms with van der Waals surface area (Å²) in [6.07, 6.45) is 7.06. The molecule has 0 saturated heterocycles. The van der Waals surface area contributed by atoms with Crippen LogP contribution in [0.2, 0.25) is 0 Å². The van der Waals surface area contributed by atoms with Crippen molar-refractivity contribution in [3.8, 4) is 0 Å². The zero-order chi connectivity index (χ0) is 5.98. The zero-order valence-electron chi connectivity index (χ0n) is 5.30. The molecule has 0 aromatic carbocycles. The molecule has 46 valence electrons. The average Bonchev–Trinajstić information content (AvgIpc) is 2.41. The van der Waals surface area contributed by atoms with Crippen molar-refractivity contribution < 1.29 is 0 Å². The van der Waals surface area contributed by atoms with Crippen molar-refractivity contribution in [2.24, 2.45) is 11.7 Å². The maximum absolute atomic E-state index is 5.48. The minimum atomic E-state index is 0.246. The monoisotopic (exact) mass is 111 g/mol. The molecule has 0 aromatic heterocycles. The fourth-order valence-electron chi connectivity index (χ4n) is 0.621. The Hall–Kier alpha value is -0.300. The van der Waals surface area contributed by atoms with Gasteiger partial charge in [-0.3, -0.25) is 0 Å². The first kappa shape index (κ1) is 5.83. The molecule has 0 aliphatic heterocycles. The van der Waals surface area contributed by atoms with Gasteiger partial charge in [-0.1, -0.05) is 12.2 Å². The van der Waals surface area contributed by atoms with Gasteiger partial charge in [-0.15, -0.1) is 0 Å². The third kappa shape index (κ3) is 2.12. The summed E-state index contributed by atoms with van der Waals surface area (Å²) in [6.45, 7) is 2.00. The second-order valence-corrected chi connectivity index (χ2v) is 2.58. The first-order valence-corrected chi connectivity index (χ1v) is 3.23. The maximum Gasteiger partial charge on any atom is 0.0194 e. The van der Waals surface area contributed by atoms with Gasteiger partial charge >= 0.3 is 0 Å². The quantitative estimate of drug-likeness (QED) is 0.534. The molecule has 1 fully saturated rings. The number of hydrogen-bond acceptors (Lipinski definition) is 1. The van der Waals surface area contributed by atoms with Gasteiger partial charge in [0.2, 0.25) is 0 Å². The smallest absolute Gasteiger partial charge is 0.0194 e. The molecule has 1 atom stereocenters. The zero-order valence-corrected chi connectivity index (χ0v) is 5.30. The molecule has 1 heteroatoms. The van der Waals surface area contributed by atoms with Crippen LogP contribution in [0.15, 0.2) is 12.2 Å². The summed E-state index contributed by atoms with van der Waals surface area (Å²) in [5.74, 6) is 0.876. The minimum absolute atomic E-state index is 0.246. The molecule has 1 aliphatic rings. The van der Waals surface area contributed by atoms with Crippen LogP contribution in [0.1, 0.15) is 19.8 Å². The highest BCUT2D eigenvalue weighted by Gasteiger charge is 2.16. The molecule has 8 heavy (non-hydrogen) atoms. The van der Waals surface area contributed by atoms with Crippen LogP contribution in [0.3, 0.4) is 0 Å². The van der Waals surface area contributed by atoms with Crippen molar-refractivity contribution in [1.29, 1.82) is 0 Å². The van der Waals surface area contributed by atoms with Gasteiger partial charge in [0.25, 0.3) is 0 Å². The Labute approximate surface area is 50.6 Å². The lowest BCUT2D eigenvalue weighted by atomic mass is 10.3. The Morgan fingerprint density at radius 3 is 2.62 bits per heavy atom. The number of nitrogens with two attached hydrogens (primary N) is 1. The molecule has 0 bridgehead atoms. The molecule has 2 N–H and O–H groups in total. The molecule has 0 amide bonds. The van der Waals surface area contributed by atoms with Crippen LogP contribution >= 0.6 is 0 Å². The standard InChI is InChI=1S/C7H13N/c1-6(8)2-3-7-4-5-7/h2-3,6-7H,4-5,8H2,1H3/b3-2+. The van der Waals surface area contributed by atoms with Crippen molar-refractivity contribution in [1.82, 2.24) is 0 Å². The van der Waals surface area contributed by atoms with E-state index in [9.17, 15) is 0 Å². The van der Waals surface area contributed by atoms with Crippen molar-refractivity contribution in [3.63, 3.8) is 0 Å². The predicted octanol–water partition coefficient (Wildman–Crippen LogP) is 1.30. The van der Waals surface area contributed by atoms with Gasteiger partial charge in [0, 0.05) is 6.04 Å². The van der Waals surface area contributed by atoms with Crippen molar-refractivity contribution in [2.45, 2.75) is 25.8 Å². The van der Waals surface area contributed by atoms with E-state index in [1.54, 1.807) is 0 Å². The van der Waals surface area contributed by atoms with Crippen LogP contribution in [-0.4, -0.2) is 6.04 Å². The van der Waals surface area contributed by atoms with Crippen molar-refractivity contribution in [2.75, 3.05) is 0 Å². The number of rotatable bonds is 2. The normalized spacial score (nSPS) is 24.2. The van der Waals surface area contributed by atoms with Gasteiger partial charge in [-0.25, -0.2) is 0 Å². The highest BCUT2D eigenvalue weighted by atomic mass is 14.6. The van der Waals surface area contributed by atoms with Crippen LogP contribution in [0.5, 0.6) is 0 Å². The van der Waals surface area contributed by atoms with Crippen LogP contribution in [0.25, 0.3) is 0 Å². The van der Waals surface area contributed by atoms with Crippen molar-refractivity contribution in [3.05, 3.63) is 12.2 Å². The lowest BCUT2D eigenvalue weighted by Crippen LogP contribution is -2.10. The number of allylic oxidation sites excluding steroid dienone is 1. The molecule has 0 heterocycles. The fourth-order valence-corrected chi connectivity index (χ4v) is 0.621. The Morgan fingerprint density at radius 1 is 1.62 bits per heavy atom. The molecule has 1 saturated carbocycles. The summed E-state index contributed by atoms with van der Waals surface area (Å²) < 4.78 is 0. The molecule has 0 aromatic rings. The van der Waals surface area contributed by atoms with Crippen LogP contribution in [-0.2, 0) is 0 Å². The molecular formula is C7H13N. The molecule has 0 radical (unpaired) electrons. The van der Waals surface area contributed by atoms with E-state index >= 15 is 0 Å². The lowest BCUT2D eigenvalue weighted by Gasteiger charge is -1.91. The third-order valence-corrected chi connectivity index (χ3v) is 1.31. The molecule has 1 rings (SSSR count). The Morgan fingerprint density at radius 2 is 2.25 bits per heavy atom. The van der Waals surface area contributed by atoms with Crippen LogP contribution < -0.4 is 5.73 Å². The Bertz CT molecular complexity index is 86.6. The van der Waals surface area contributed by atoms with Gasteiger partial charge < -0.3 is 5.73 Å². The lowest BCUT2D eigenvalue weighted by molar-refractivity contribution is 0.911. The van der Waals surface area contributed by atoms with Gasteiger partial charge in [0.05, 0.1) is 0 Å². The van der Waals surface area contributed by atoms with Crippen LogP contribution in [0.4, 0.5) is 0 Å². The Kier molecular flexibility index (Phi) is 1.69. The molecule has 1 aliphatic carbocycles. The van der Waals surface area contributed by atoms with E-state index in [0.29, 0.717) is 0 Å². The second kappa shape index (κ2) is 2.31. The van der Waals surface area contributed by atoms with Crippen LogP contribution in [0, 0.1) is 5.92 Å². The molecule has 1 nitrogen and oxygen atoms in total. The summed E-state index contributed by atoms with van der Waals surface area (Å²) in [7, 11) is 0. The SMILES string of the molecule is CC(N)/C=C/C1CC1. The first-order valence-electron chi connectivity index (χ1n) is 3.23. The minimum Gasteiger partial charge on any atom is -0.325 e. The summed E-state index contributed by atoms with van der Waals surface area (Å²) in [4.78, 5) is 0. The summed E-state index contributed by atoms with van der Waals surface area (Å²) in [5.41, 5.74) is 5.48. The largest absolute Gasteiger partial charge is 0.325 e. The highest BCUT2D eigenvalue weighted by molar-refractivity contribution is 4.98. The first-order chi connectivity index (χ1) is 3.79.